The summed E-state index contributed by atoms with van der Waals surface area (Å²) in [5, 5.41) is 0. The molecule has 0 heterocycles. The number of likely N-dealkylation sites (N-methyl/N-ethyl adjacent to an activating group) is 1. The van der Waals surface area contributed by atoms with E-state index in [1.165, 1.54) is 83.5 Å². The van der Waals surface area contributed by atoms with Crippen LogP contribution in [0.3, 0.4) is 0 Å². The van der Waals surface area contributed by atoms with Crippen LogP contribution < -0.4 is 4.89 Å². The standard InChI is InChI=1S/C55H98NO7P/c1-6-8-10-12-14-16-18-20-22-24-25-26-27-28-29-30-31-32-33-35-37-39-41-43-45-47-50-60-52-54(53-62-64(58,59)61-51-49-56(3,4)5)63-55(57)48-46-44-42-40-38-36-34-23-21-19-17-15-13-11-9-7-2/h8,10,14,16,20,22-23,25-26,28-29,31-32,34,54H,6-7,9,11-13,15,17-19,21,24,27,30,33,35-53H2,1-5H3/b10-8-,16-14-,22-20-,26-25-,29-28-,32-31-,34-23-. The van der Waals surface area contributed by atoms with Crippen molar-refractivity contribution < 1.29 is 37.3 Å². The highest BCUT2D eigenvalue weighted by atomic mass is 31.2. The summed E-state index contributed by atoms with van der Waals surface area (Å²) < 4.78 is 34.7. The summed E-state index contributed by atoms with van der Waals surface area (Å²) in [6.45, 7) is 5.25. The molecule has 0 saturated heterocycles. The lowest BCUT2D eigenvalue weighted by atomic mass is 10.1. The number of nitrogens with zero attached hydrogens (tertiary/aromatic N) is 1. The maximum absolute atomic E-state index is 12.7. The fraction of sp³-hybridized carbons (Fsp3) is 0.727. The summed E-state index contributed by atoms with van der Waals surface area (Å²) in [5.74, 6) is -0.349. The maximum atomic E-state index is 12.7. The van der Waals surface area contributed by atoms with E-state index < -0.39 is 13.9 Å². The van der Waals surface area contributed by atoms with Gasteiger partial charge in [-0.05, 0) is 89.9 Å². The van der Waals surface area contributed by atoms with Crippen LogP contribution in [0.5, 0.6) is 0 Å². The molecule has 0 rings (SSSR count). The molecule has 0 N–H and O–H groups in total. The van der Waals surface area contributed by atoms with E-state index in [1.807, 2.05) is 21.1 Å². The molecule has 370 valence electrons. The van der Waals surface area contributed by atoms with Crippen LogP contribution in [0.15, 0.2) is 85.1 Å². The molecule has 9 heteroatoms. The van der Waals surface area contributed by atoms with E-state index in [-0.39, 0.29) is 25.8 Å². The van der Waals surface area contributed by atoms with E-state index in [4.69, 9.17) is 18.5 Å². The number of carbonyl (C=O) groups is 1. The van der Waals surface area contributed by atoms with Crippen molar-refractivity contribution in [3.05, 3.63) is 85.1 Å². The predicted molar refractivity (Wildman–Crippen MR) is 272 cm³/mol. The SMILES string of the molecule is CC/C=C\C/C=C\C/C=C\C/C=C\C/C=C\C/C=C\CCCCCCCCCOCC(COP(=O)([O-])OCC[N+](C)(C)C)OC(=O)CCCCCCC/C=C\CCCCCCCCC. The second-order valence-corrected chi connectivity index (χ2v) is 19.6. The number of hydrogen-bond donors (Lipinski definition) is 0. The van der Waals surface area contributed by atoms with Crippen molar-refractivity contribution >= 4 is 13.8 Å². The lowest BCUT2D eigenvalue weighted by molar-refractivity contribution is -0.870. The van der Waals surface area contributed by atoms with Gasteiger partial charge in [0.1, 0.15) is 19.3 Å². The highest BCUT2D eigenvalue weighted by Crippen LogP contribution is 2.38. The number of phosphoric ester groups is 1. The number of unbranched alkanes of at least 4 members (excludes halogenated alkanes) is 19. The maximum Gasteiger partial charge on any atom is 0.306 e. The van der Waals surface area contributed by atoms with Crippen LogP contribution in [0, 0.1) is 0 Å². The smallest absolute Gasteiger partial charge is 0.306 e. The summed E-state index contributed by atoms with van der Waals surface area (Å²) in [5.41, 5.74) is 0. The zero-order valence-corrected chi connectivity index (χ0v) is 42.8. The molecule has 64 heavy (non-hydrogen) atoms. The Bertz CT molecular complexity index is 1300. The molecule has 0 fully saturated rings. The average molecular weight is 916 g/mol. The minimum absolute atomic E-state index is 0.0181. The molecule has 0 aromatic rings. The second-order valence-electron chi connectivity index (χ2n) is 18.1. The number of esters is 1. The quantitative estimate of drug-likeness (QED) is 0.0197. The highest BCUT2D eigenvalue weighted by molar-refractivity contribution is 7.45. The van der Waals surface area contributed by atoms with Gasteiger partial charge in [-0.1, -0.05) is 189 Å². The first-order valence-electron chi connectivity index (χ1n) is 25.8. The normalized spacial score (nSPS) is 14.3. The van der Waals surface area contributed by atoms with Gasteiger partial charge in [0.2, 0.25) is 0 Å². The van der Waals surface area contributed by atoms with Gasteiger partial charge in [-0.25, -0.2) is 0 Å². The lowest BCUT2D eigenvalue weighted by Gasteiger charge is -2.28. The van der Waals surface area contributed by atoms with Crippen LogP contribution in [0.1, 0.15) is 200 Å². The molecule has 0 aromatic carbocycles. The number of phosphoric acid groups is 1. The topological polar surface area (TPSA) is 94.1 Å². The molecule has 0 bridgehead atoms. The zero-order valence-electron chi connectivity index (χ0n) is 42.0. The minimum atomic E-state index is -4.54. The van der Waals surface area contributed by atoms with Crippen LogP contribution in [-0.4, -0.2) is 70.7 Å². The highest BCUT2D eigenvalue weighted by Gasteiger charge is 2.20. The Morgan fingerprint density at radius 1 is 0.500 bits per heavy atom. The molecule has 0 radical (unpaired) electrons. The molecule has 2 unspecified atom stereocenters. The van der Waals surface area contributed by atoms with E-state index in [0.717, 1.165) is 96.3 Å². The first-order chi connectivity index (χ1) is 31.1. The summed E-state index contributed by atoms with van der Waals surface area (Å²) in [6, 6.07) is 0. The molecule has 0 aliphatic carbocycles. The number of hydrogen-bond acceptors (Lipinski definition) is 7. The Kier molecular flexibility index (Phi) is 45.5. The lowest BCUT2D eigenvalue weighted by Crippen LogP contribution is -2.37. The van der Waals surface area contributed by atoms with Crippen molar-refractivity contribution in [3.8, 4) is 0 Å². The molecule has 2 atom stereocenters. The van der Waals surface area contributed by atoms with Gasteiger partial charge in [0.25, 0.3) is 7.82 Å². The third-order valence-corrected chi connectivity index (χ3v) is 11.6. The Morgan fingerprint density at radius 3 is 1.38 bits per heavy atom. The van der Waals surface area contributed by atoms with Crippen molar-refractivity contribution in [2.75, 3.05) is 54.1 Å². The minimum Gasteiger partial charge on any atom is -0.756 e. The van der Waals surface area contributed by atoms with E-state index >= 15 is 0 Å². The fourth-order valence-electron chi connectivity index (χ4n) is 6.72. The molecule has 8 nitrogen and oxygen atoms in total. The summed E-state index contributed by atoms with van der Waals surface area (Å²) >= 11 is 0. The van der Waals surface area contributed by atoms with Crippen LogP contribution in [-0.2, 0) is 27.9 Å². The van der Waals surface area contributed by atoms with Crippen LogP contribution in [0.4, 0.5) is 0 Å². The number of allylic oxidation sites excluding steroid dienone is 14. The first-order valence-corrected chi connectivity index (χ1v) is 27.3. The number of ether oxygens (including phenoxy) is 2. The average Bonchev–Trinajstić information content (AvgIpc) is 3.25. The van der Waals surface area contributed by atoms with E-state index in [1.54, 1.807) is 0 Å². The van der Waals surface area contributed by atoms with Crippen molar-refractivity contribution in [3.63, 3.8) is 0 Å². The molecular weight excluding hydrogens is 818 g/mol. The predicted octanol–water partition coefficient (Wildman–Crippen LogP) is 15.4. The van der Waals surface area contributed by atoms with Gasteiger partial charge in [-0.2, -0.15) is 0 Å². The van der Waals surface area contributed by atoms with Gasteiger partial charge in [-0.3, -0.25) is 9.36 Å². The Balaban J connectivity index is 4.18. The molecule has 0 aliphatic rings. The van der Waals surface area contributed by atoms with E-state index in [9.17, 15) is 14.3 Å². The van der Waals surface area contributed by atoms with E-state index in [0.29, 0.717) is 24.1 Å². The van der Waals surface area contributed by atoms with E-state index in [2.05, 4.69) is 98.9 Å². The van der Waals surface area contributed by atoms with Gasteiger partial charge in [0.15, 0.2) is 0 Å². The number of carbonyl (C=O) groups excluding carboxylic acids is 1. The summed E-state index contributed by atoms with van der Waals surface area (Å²) in [7, 11) is 1.33. The zero-order chi connectivity index (χ0) is 46.9. The van der Waals surface area contributed by atoms with Crippen molar-refractivity contribution in [2.24, 2.45) is 0 Å². The molecule has 0 aromatic heterocycles. The van der Waals surface area contributed by atoms with Gasteiger partial charge in [0.05, 0.1) is 34.4 Å². The molecule has 0 saturated carbocycles. The molecule has 0 amide bonds. The van der Waals surface area contributed by atoms with Gasteiger partial charge in [-0.15, -0.1) is 0 Å². The van der Waals surface area contributed by atoms with Gasteiger partial charge < -0.3 is 27.9 Å². The molecule has 0 spiro atoms. The van der Waals surface area contributed by atoms with Crippen LogP contribution >= 0.6 is 7.82 Å². The van der Waals surface area contributed by atoms with Crippen LogP contribution in [0.2, 0.25) is 0 Å². The Labute approximate surface area is 395 Å². The number of rotatable bonds is 47. The van der Waals surface area contributed by atoms with Crippen LogP contribution in [0.25, 0.3) is 0 Å². The second kappa shape index (κ2) is 47.2. The Morgan fingerprint density at radius 2 is 0.906 bits per heavy atom. The Hall–Kier alpha value is -2.32. The largest absolute Gasteiger partial charge is 0.756 e. The third-order valence-electron chi connectivity index (χ3n) is 10.7. The van der Waals surface area contributed by atoms with Crippen molar-refractivity contribution in [2.45, 2.75) is 206 Å². The van der Waals surface area contributed by atoms with Crippen molar-refractivity contribution in [1.82, 2.24) is 0 Å². The number of quaternary nitrogens is 1. The fourth-order valence-corrected chi connectivity index (χ4v) is 7.45. The summed E-state index contributed by atoms with van der Waals surface area (Å²) in [6.07, 6.45) is 63.2. The monoisotopic (exact) mass is 916 g/mol. The molecule has 0 aliphatic heterocycles. The third kappa shape index (κ3) is 50.7. The molecular formula is C55H98NO7P. The van der Waals surface area contributed by atoms with Gasteiger partial charge >= 0.3 is 5.97 Å². The summed E-state index contributed by atoms with van der Waals surface area (Å²) in [4.78, 5) is 25.2. The van der Waals surface area contributed by atoms with Gasteiger partial charge in [0, 0.05) is 13.0 Å². The van der Waals surface area contributed by atoms with Crippen molar-refractivity contribution in [1.29, 1.82) is 0 Å². The first kappa shape index (κ1) is 61.7.